The van der Waals surface area contributed by atoms with Crippen molar-refractivity contribution in [1.82, 2.24) is 20.4 Å². The van der Waals surface area contributed by atoms with Crippen LogP contribution in [0.15, 0.2) is 4.99 Å². The molecule has 1 unspecified atom stereocenters. The molecule has 3 fully saturated rings. The Kier molecular flexibility index (Phi) is 4.87. The second-order valence-corrected chi connectivity index (χ2v) is 4.88. The second-order valence-electron chi connectivity index (χ2n) is 4.88. The maximum absolute atomic E-state index is 4.44. The summed E-state index contributed by atoms with van der Waals surface area (Å²) in [5.74, 6) is 1.00. The van der Waals surface area contributed by atoms with E-state index in [0.717, 1.165) is 32.0 Å². The summed E-state index contributed by atoms with van der Waals surface area (Å²) >= 11 is 0. The zero-order chi connectivity index (χ0) is 10.8. The lowest BCUT2D eigenvalue weighted by Gasteiger charge is -2.47. The first kappa shape index (κ1) is 13.4. The number of hydrogen-bond donors (Lipinski definition) is 2. The van der Waals surface area contributed by atoms with Crippen LogP contribution in [0.1, 0.15) is 6.42 Å². The summed E-state index contributed by atoms with van der Waals surface area (Å²) in [6, 6.07) is 0.675. The van der Waals surface area contributed by atoms with Crippen molar-refractivity contribution in [2.45, 2.75) is 12.5 Å². The van der Waals surface area contributed by atoms with Crippen LogP contribution in [-0.2, 0) is 0 Å². The first-order valence-corrected chi connectivity index (χ1v) is 6.40. The average Bonchev–Trinajstić information content (AvgIpc) is 2.39. The molecule has 5 nitrogen and oxygen atoms in total. The van der Waals surface area contributed by atoms with E-state index in [1.54, 1.807) is 0 Å². The predicted octanol–water partition coefficient (Wildman–Crippen LogP) is -0.457. The van der Waals surface area contributed by atoms with Crippen LogP contribution in [-0.4, -0.2) is 74.2 Å². The van der Waals surface area contributed by atoms with Crippen molar-refractivity contribution in [3.63, 3.8) is 0 Å². The van der Waals surface area contributed by atoms with Crippen molar-refractivity contribution in [2.75, 3.05) is 52.4 Å². The SMILES string of the molecule is C1CN=C(NCC2CN3CCN2CC3)NC1.I. The van der Waals surface area contributed by atoms with Crippen LogP contribution in [0.4, 0.5) is 0 Å². The molecule has 2 N–H and O–H groups in total. The highest BCUT2D eigenvalue weighted by Gasteiger charge is 2.31. The summed E-state index contributed by atoms with van der Waals surface area (Å²) in [7, 11) is 0. The molecule has 4 aliphatic rings. The van der Waals surface area contributed by atoms with E-state index in [2.05, 4.69) is 25.4 Å². The Morgan fingerprint density at radius 3 is 2.71 bits per heavy atom. The topological polar surface area (TPSA) is 42.9 Å². The van der Waals surface area contributed by atoms with Crippen molar-refractivity contribution in [1.29, 1.82) is 0 Å². The van der Waals surface area contributed by atoms with Crippen molar-refractivity contribution in [2.24, 2.45) is 4.99 Å². The molecule has 17 heavy (non-hydrogen) atoms. The average molecular weight is 351 g/mol. The molecule has 4 heterocycles. The minimum atomic E-state index is 0. The number of piperazine rings is 3. The van der Waals surface area contributed by atoms with Gasteiger partial charge in [0.25, 0.3) is 0 Å². The van der Waals surface area contributed by atoms with Gasteiger partial charge in [-0.25, -0.2) is 0 Å². The van der Waals surface area contributed by atoms with Gasteiger partial charge in [0.1, 0.15) is 0 Å². The van der Waals surface area contributed by atoms with Crippen LogP contribution in [0.3, 0.4) is 0 Å². The summed E-state index contributed by atoms with van der Waals surface area (Å²) in [4.78, 5) is 9.62. The predicted molar refractivity (Wildman–Crippen MR) is 80.1 cm³/mol. The Morgan fingerprint density at radius 1 is 1.29 bits per heavy atom. The van der Waals surface area contributed by atoms with Crippen molar-refractivity contribution in [3.05, 3.63) is 0 Å². The van der Waals surface area contributed by atoms with Crippen LogP contribution < -0.4 is 10.6 Å². The van der Waals surface area contributed by atoms with Gasteiger partial charge in [0.15, 0.2) is 5.96 Å². The summed E-state index contributed by atoms with van der Waals surface area (Å²) in [6.45, 7) is 9.29. The van der Waals surface area contributed by atoms with Crippen molar-refractivity contribution in [3.8, 4) is 0 Å². The molecular formula is C11H22IN5. The molecule has 98 valence electrons. The minimum absolute atomic E-state index is 0. The third-order valence-corrected chi connectivity index (χ3v) is 3.79. The van der Waals surface area contributed by atoms with E-state index in [4.69, 9.17) is 0 Å². The lowest BCUT2D eigenvalue weighted by molar-refractivity contribution is 0.0154. The first-order chi connectivity index (χ1) is 7.92. The molecule has 1 atom stereocenters. The van der Waals surface area contributed by atoms with Crippen LogP contribution >= 0.6 is 24.0 Å². The van der Waals surface area contributed by atoms with E-state index in [1.165, 1.54) is 32.7 Å². The molecule has 0 aromatic rings. The standard InChI is InChI=1S/C11H21N5.HI/c1-2-12-11(13-3-1)14-8-10-9-15-4-6-16(10)7-5-15;/h10H,1-9H2,(H2,12,13,14);1H. The lowest BCUT2D eigenvalue weighted by Crippen LogP contribution is -2.64. The first-order valence-electron chi connectivity index (χ1n) is 6.40. The lowest BCUT2D eigenvalue weighted by atomic mass is 10.1. The van der Waals surface area contributed by atoms with Gasteiger partial charge < -0.3 is 10.6 Å². The maximum atomic E-state index is 4.44. The molecule has 0 amide bonds. The van der Waals surface area contributed by atoms with Crippen LogP contribution in [0, 0.1) is 0 Å². The molecule has 2 bridgehead atoms. The molecule has 0 aromatic carbocycles. The maximum Gasteiger partial charge on any atom is 0.191 e. The summed E-state index contributed by atoms with van der Waals surface area (Å²) in [5, 5.41) is 6.76. The van der Waals surface area contributed by atoms with E-state index < -0.39 is 0 Å². The van der Waals surface area contributed by atoms with Crippen molar-refractivity contribution < 1.29 is 0 Å². The Hall–Kier alpha value is -0.0800. The highest BCUT2D eigenvalue weighted by atomic mass is 127. The van der Waals surface area contributed by atoms with Gasteiger partial charge in [-0.2, -0.15) is 0 Å². The number of aliphatic imine (C=N–C) groups is 1. The Labute approximate surface area is 120 Å². The van der Waals surface area contributed by atoms with Gasteiger partial charge in [-0.1, -0.05) is 0 Å². The number of fused-ring (bicyclic) bond motifs is 3. The molecule has 0 aliphatic carbocycles. The van der Waals surface area contributed by atoms with Gasteiger partial charge in [0.05, 0.1) is 0 Å². The molecule has 0 aromatic heterocycles. The fourth-order valence-electron chi connectivity index (χ4n) is 2.78. The third-order valence-electron chi connectivity index (χ3n) is 3.79. The van der Waals surface area contributed by atoms with E-state index in [-0.39, 0.29) is 24.0 Å². The highest BCUT2D eigenvalue weighted by Crippen LogP contribution is 2.14. The number of nitrogens with one attached hydrogen (secondary N) is 2. The smallest absolute Gasteiger partial charge is 0.191 e. The zero-order valence-corrected chi connectivity index (χ0v) is 12.5. The number of halogens is 1. The fourth-order valence-corrected chi connectivity index (χ4v) is 2.78. The molecule has 4 rings (SSSR count). The van der Waals surface area contributed by atoms with Gasteiger partial charge in [-0.3, -0.25) is 14.8 Å². The normalized spacial score (nSPS) is 35.5. The van der Waals surface area contributed by atoms with Crippen molar-refractivity contribution >= 4 is 29.9 Å². The molecule has 6 heteroatoms. The van der Waals surface area contributed by atoms with Gasteiger partial charge in [0, 0.05) is 58.4 Å². The van der Waals surface area contributed by atoms with Crippen LogP contribution in [0.25, 0.3) is 0 Å². The third kappa shape index (κ3) is 3.23. The largest absolute Gasteiger partial charge is 0.356 e. The summed E-state index contributed by atoms with van der Waals surface area (Å²) in [5.41, 5.74) is 0. The fraction of sp³-hybridized carbons (Fsp3) is 0.909. The molecule has 3 saturated heterocycles. The number of rotatable bonds is 2. The Balaban J connectivity index is 0.00000108. The van der Waals surface area contributed by atoms with Crippen LogP contribution in [0.2, 0.25) is 0 Å². The van der Waals surface area contributed by atoms with Gasteiger partial charge in [-0.05, 0) is 6.42 Å². The molecule has 0 spiro atoms. The van der Waals surface area contributed by atoms with Gasteiger partial charge in [-0.15, -0.1) is 24.0 Å². The minimum Gasteiger partial charge on any atom is -0.356 e. The Morgan fingerprint density at radius 2 is 2.12 bits per heavy atom. The molecular weight excluding hydrogens is 329 g/mol. The number of hydrogen-bond acceptors (Lipinski definition) is 5. The zero-order valence-electron chi connectivity index (χ0n) is 10.2. The molecule has 0 saturated carbocycles. The number of guanidine groups is 1. The highest BCUT2D eigenvalue weighted by molar-refractivity contribution is 14.0. The van der Waals surface area contributed by atoms with E-state index >= 15 is 0 Å². The molecule has 0 radical (unpaired) electrons. The monoisotopic (exact) mass is 351 g/mol. The summed E-state index contributed by atoms with van der Waals surface area (Å²) < 4.78 is 0. The Bertz CT molecular complexity index is 275. The number of nitrogens with zero attached hydrogens (tertiary/aromatic N) is 3. The van der Waals surface area contributed by atoms with Gasteiger partial charge >= 0.3 is 0 Å². The van der Waals surface area contributed by atoms with Crippen LogP contribution in [0.5, 0.6) is 0 Å². The van der Waals surface area contributed by atoms with Gasteiger partial charge in [0.2, 0.25) is 0 Å². The van der Waals surface area contributed by atoms with E-state index in [9.17, 15) is 0 Å². The van der Waals surface area contributed by atoms with E-state index in [0.29, 0.717) is 6.04 Å². The van der Waals surface area contributed by atoms with E-state index in [1.807, 2.05) is 0 Å². The molecule has 4 aliphatic heterocycles. The second kappa shape index (κ2) is 6.19. The summed E-state index contributed by atoms with van der Waals surface area (Å²) in [6.07, 6.45) is 1.16. The quantitative estimate of drug-likeness (QED) is 0.661.